The molecule has 0 saturated carbocycles. The highest BCUT2D eigenvalue weighted by atomic mass is 16.5. The maximum atomic E-state index is 11.9. The molecule has 2 aromatic carbocycles. The largest absolute Gasteiger partial charge is 0.494 e. The van der Waals surface area contributed by atoms with Gasteiger partial charge in [-0.05, 0) is 36.2 Å². The van der Waals surface area contributed by atoms with E-state index < -0.39 is 5.97 Å². The van der Waals surface area contributed by atoms with Crippen LogP contribution in [0.3, 0.4) is 0 Å². The van der Waals surface area contributed by atoms with Gasteiger partial charge in [-0.2, -0.15) is 0 Å². The molecule has 1 saturated heterocycles. The van der Waals surface area contributed by atoms with Gasteiger partial charge in [0.15, 0.2) is 0 Å². The number of nitrogens with zero attached hydrogens (tertiary/aromatic N) is 1. The second-order valence-corrected chi connectivity index (χ2v) is 5.89. The summed E-state index contributed by atoms with van der Waals surface area (Å²) in [5, 5.41) is 12.2. The highest BCUT2D eigenvalue weighted by molar-refractivity contribution is 5.97. The summed E-state index contributed by atoms with van der Waals surface area (Å²) in [5.41, 5.74) is 2.91. The zero-order valence-electron chi connectivity index (χ0n) is 14.0. The first kappa shape index (κ1) is 16.8. The molecule has 0 aromatic heterocycles. The number of ether oxygens (including phenoxy) is 1. The van der Waals surface area contributed by atoms with Crippen LogP contribution in [0.25, 0.3) is 0 Å². The van der Waals surface area contributed by atoms with Gasteiger partial charge in [0, 0.05) is 31.3 Å². The molecule has 1 fully saturated rings. The lowest BCUT2D eigenvalue weighted by Gasteiger charge is -2.20. The number of carboxylic acids is 1. The lowest BCUT2D eigenvalue weighted by molar-refractivity contribution is -0.117. The normalized spacial score (nSPS) is 13.8. The van der Waals surface area contributed by atoms with Crippen LogP contribution in [0, 0.1) is 0 Å². The van der Waals surface area contributed by atoms with Gasteiger partial charge in [0.25, 0.3) is 0 Å². The van der Waals surface area contributed by atoms with E-state index in [0.717, 1.165) is 29.9 Å². The average molecular weight is 340 g/mol. The molecule has 0 aliphatic carbocycles. The van der Waals surface area contributed by atoms with Crippen LogP contribution >= 0.6 is 0 Å². The first-order valence-electron chi connectivity index (χ1n) is 8.13. The first-order chi connectivity index (χ1) is 12.1. The SMILES string of the molecule is COc1cc(NCc2ccc(C(=O)O)cc2)ccc1N1CCCC1=O. The van der Waals surface area contributed by atoms with Crippen LogP contribution in [-0.4, -0.2) is 30.6 Å². The monoisotopic (exact) mass is 340 g/mol. The van der Waals surface area contributed by atoms with Crippen molar-refractivity contribution < 1.29 is 19.4 Å². The molecule has 0 unspecified atom stereocenters. The summed E-state index contributed by atoms with van der Waals surface area (Å²) in [7, 11) is 1.59. The van der Waals surface area contributed by atoms with Gasteiger partial charge in [-0.1, -0.05) is 12.1 Å². The molecule has 1 heterocycles. The van der Waals surface area contributed by atoms with Gasteiger partial charge in [0.2, 0.25) is 5.91 Å². The number of anilines is 2. The van der Waals surface area contributed by atoms with E-state index in [1.54, 1.807) is 36.3 Å². The Kier molecular flexibility index (Phi) is 4.88. The van der Waals surface area contributed by atoms with E-state index in [2.05, 4.69) is 5.32 Å². The Morgan fingerprint density at radius 2 is 2.00 bits per heavy atom. The summed E-state index contributed by atoms with van der Waals surface area (Å²) >= 11 is 0. The Labute approximate surface area is 146 Å². The zero-order chi connectivity index (χ0) is 17.8. The zero-order valence-corrected chi connectivity index (χ0v) is 14.0. The summed E-state index contributed by atoms with van der Waals surface area (Å²) in [4.78, 5) is 24.6. The van der Waals surface area contributed by atoms with Gasteiger partial charge >= 0.3 is 5.97 Å². The number of carboxylic acid groups (broad SMARTS) is 1. The summed E-state index contributed by atoms with van der Waals surface area (Å²) in [6, 6.07) is 12.4. The van der Waals surface area contributed by atoms with Crippen LogP contribution in [0.2, 0.25) is 0 Å². The van der Waals surface area contributed by atoms with E-state index in [9.17, 15) is 9.59 Å². The minimum atomic E-state index is -0.934. The Bertz CT molecular complexity index is 787. The van der Waals surface area contributed by atoms with E-state index >= 15 is 0 Å². The predicted molar refractivity (Wildman–Crippen MR) is 95.3 cm³/mol. The van der Waals surface area contributed by atoms with Gasteiger partial charge in [0.1, 0.15) is 5.75 Å². The van der Waals surface area contributed by atoms with Crippen LogP contribution in [-0.2, 0) is 11.3 Å². The molecule has 1 amide bonds. The van der Waals surface area contributed by atoms with Crippen molar-refractivity contribution in [2.75, 3.05) is 23.9 Å². The first-order valence-corrected chi connectivity index (χ1v) is 8.13. The molecule has 130 valence electrons. The third-order valence-corrected chi connectivity index (χ3v) is 4.24. The Balaban J connectivity index is 1.70. The fraction of sp³-hybridized carbons (Fsp3) is 0.263. The number of amides is 1. The van der Waals surface area contributed by atoms with Gasteiger partial charge in [-0.3, -0.25) is 4.79 Å². The van der Waals surface area contributed by atoms with Gasteiger partial charge in [-0.25, -0.2) is 4.79 Å². The van der Waals surface area contributed by atoms with E-state index in [-0.39, 0.29) is 11.5 Å². The molecular weight excluding hydrogens is 320 g/mol. The number of carbonyl (C=O) groups is 2. The van der Waals surface area contributed by atoms with Gasteiger partial charge < -0.3 is 20.1 Å². The van der Waals surface area contributed by atoms with E-state index in [0.29, 0.717) is 18.7 Å². The van der Waals surface area contributed by atoms with Crippen LogP contribution in [0.1, 0.15) is 28.8 Å². The number of aromatic carboxylic acids is 1. The van der Waals surface area contributed by atoms with Crippen molar-refractivity contribution in [3.8, 4) is 5.75 Å². The number of hydrogen-bond donors (Lipinski definition) is 2. The number of benzene rings is 2. The Morgan fingerprint density at radius 1 is 1.24 bits per heavy atom. The topological polar surface area (TPSA) is 78.9 Å². The van der Waals surface area contributed by atoms with Crippen LogP contribution in [0.5, 0.6) is 5.75 Å². The molecule has 0 radical (unpaired) electrons. The molecule has 3 rings (SSSR count). The van der Waals surface area contributed by atoms with Gasteiger partial charge in [-0.15, -0.1) is 0 Å². The van der Waals surface area contributed by atoms with Crippen LogP contribution in [0.4, 0.5) is 11.4 Å². The van der Waals surface area contributed by atoms with Crippen molar-refractivity contribution in [3.05, 3.63) is 53.6 Å². The lowest BCUT2D eigenvalue weighted by atomic mass is 10.1. The molecular formula is C19H20N2O4. The third kappa shape index (κ3) is 3.74. The molecule has 0 spiro atoms. The van der Waals surface area contributed by atoms with E-state index in [1.807, 2.05) is 18.2 Å². The molecule has 6 nitrogen and oxygen atoms in total. The summed E-state index contributed by atoms with van der Waals surface area (Å²) < 4.78 is 5.44. The fourth-order valence-electron chi connectivity index (χ4n) is 2.88. The van der Waals surface area contributed by atoms with Crippen molar-refractivity contribution in [2.24, 2.45) is 0 Å². The molecule has 2 N–H and O–H groups in total. The van der Waals surface area contributed by atoms with Crippen molar-refractivity contribution in [3.63, 3.8) is 0 Å². The maximum absolute atomic E-state index is 11.9. The lowest BCUT2D eigenvalue weighted by Crippen LogP contribution is -2.24. The number of rotatable bonds is 6. The molecule has 1 aliphatic heterocycles. The smallest absolute Gasteiger partial charge is 0.335 e. The number of nitrogens with one attached hydrogen (secondary N) is 1. The molecule has 0 atom stereocenters. The fourth-order valence-corrected chi connectivity index (χ4v) is 2.88. The van der Waals surface area contributed by atoms with Crippen LogP contribution in [0.15, 0.2) is 42.5 Å². The Morgan fingerprint density at radius 3 is 2.60 bits per heavy atom. The van der Waals surface area contributed by atoms with Crippen LogP contribution < -0.4 is 15.0 Å². The minimum Gasteiger partial charge on any atom is -0.494 e. The van der Waals surface area contributed by atoms with Crippen molar-refractivity contribution >= 4 is 23.3 Å². The molecule has 25 heavy (non-hydrogen) atoms. The minimum absolute atomic E-state index is 0.123. The third-order valence-electron chi connectivity index (χ3n) is 4.24. The van der Waals surface area contributed by atoms with Crippen molar-refractivity contribution in [1.29, 1.82) is 0 Å². The number of methoxy groups -OCH3 is 1. The Hall–Kier alpha value is -3.02. The molecule has 1 aliphatic rings. The molecule has 0 bridgehead atoms. The van der Waals surface area contributed by atoms with E-state index in [4.69, 9.17) is 9.84 Å². The molecule has 6 heteroatoms. The van der Waals surface area contributed by atoms with Crippen molar-refractivity contribution in [1.82, 2.24) is 0 Å². The maximum Gasteiger partial charge on any atom is 0.335 e. The summed E-state index contributed by atoms with van der Waals surface area (Å²) in [5.74, 6) is -0.157. The van der Waals surface area contributed by atoms with Crippen molar-refractivity contribution in [2.45, 2.75) is 19.4 Å². The highest BCUT2D eigenvalue weighted by Crippen LogP contribution is 2.33. The molecule has 2 aromatic rings. The average Bonchev–Trinajstić information content (AvgIpc) is 3.05. The summed E-state index contributed by atoms with van der Waals surface area (Å²) in [6.07, 6.45) is 1.45. The second kappa shape index (κ2) is 7.25. The highest BCUT2D eigenvalue weighted by Gasteiger charge is 2.24. The van der Waals surface area contributed by atoms with Gasteiger partial charge in [0.05, 0.1) is 18.4 Å². The second-order valence-electron chi connectivity index (χ2n) is 5.89. The quantitative estimate of drug-likeness (QED) is 0.845. The van der Waals surface area contributed by atoms with E-state index in [1.165, 1.54) is 0 Å². The number of carbonyl (C=O) groups excluding carboxylic acids is 1. The summed E-state index contributed by atoms with van der Waals surface area (Å²) in [6.45, 7) is 1.28. The number of hydrogen-bond acceptors (Lipinski definition) is 4. The standard InChI is InChI=1S/C19H20N2O4/c1-25-17-11-15(8-9-16(17)21-10-2-3-18(21)22)20-12-13-4-6-14(7-5-13)19(23)24/h4-9,11,20H,2-3,10,12H2,1H3,(H,23,24). The predicted octanol–water partition coefficient (Wildman–Crippen LogP) is 3.13.